The van der Waals surface area contributed by atoms with Gasteiger partial charge in [0.15, 0.2) is 0 Å². The predicted molar refractivity (Wildman–Crippen MR) is 178 cm³/mol. The van der Waals surface area contributed by atoms with Crippen molar-refractivity contribution in [2.24, 2.45) is 13.0 Å². The first kappa shape index (κ1) is 33.2. The number of rotatable bonds is 9. The number of aromatic nitrogens is 1. The highest BCUT2D eigenvalue weighted by Crippen LogP contribution is 2.30. The zero-order chi connectivity index (χ0) is 33.2. The molecule has 0 unspecified atom stereocenters. The van der Waals surface area contributed by atoms with Crippen molar-refractivity contribution in [1.29, 1.82) is 0 Å². The second-order valence-electron chi connectivity index (χ2n) is 12.3. The summed E-state index contributed by atoms with van der Waals surface area (Å²) in [6, 6.07) is 19.3. The van der Waals surface area contributed by atoms with Crippen molar-refractivity contribution in [1.82, 2.24) is 13.8 Å². The van der Waals surface area contributed by atoms with Crippen LogP contribution in [0.1, 0.15) is 30.5 Å². The van der Waals surface area contributed by atoms with E-state index in [1.165, 1.54) is 11.4 Å². The molecule has 0 radical (unpaired) electrons. The van der Waals surface area contributed by atoms with Crippen LogP contribution < -0.4 is 10.1 Å². The van der Waals surface area contributed by atoms with Crippen molar-refractivity contribution in [3.63, 3.8) is 0 Å². The van der Waals surface area contributed by atoms with E-state index in [1.54, 1.807) is 54.3 Å². The van der Waals surface area contributed by atoms with Crippen LogP contribution in [0.4, 0.5) is 5.69 Å². The Balaban J connectivity index is 1.41. The summed E-state index contributed by atoms with van der Waals surface area (Å²) in [5.74, 6) is -0.230. The highest BCUT2D eigenvalue weighted by Gasteiger charge is 2.33. The molecule has 0 fully saturated rings. The SMILES string of the molecule is Cc1ccc(S(=O)(=O)N(C)C[C@@H]2Oc3ccc(NC(=O)Cc4cn(C)c5ccccc45)cc3CC(=O)N([C@H](C)CO)C[C@@H]2C)cc1. The van der Waals surface area contributed by atoms with E-state index in [2.05, 4.69) is 5.32 Å². The number of sulfonamides is 1. The molecule has 2 heterocycles. The Labute approximate surface area is 270 Å². The quantitative estimate of drug-likeness (QED) is 0.282. The smallest absolute Gasteiger partial charge is 0.242 e. The lowest BCUT2D eigenvalue weighted by molar-refractivity contribution is -0.134. The fourth-order valence-electron chi connectivity index (χ4n) is 5.91. The normalized spacial score (nSPS) is 18.0. The molecule has 0 aliphatic carbocycles. The molecule has 2 N–H and O–H groups in total. The van der Waals surface area contributed by atoms with E-state index in [1.807, 2.05) is 55.9 Å². The van der Waals surface area contributed by atoms with E-state index in [9.17, 15) is 23.1 Å². The summed E-state index contributed by atoms with van der Waals surface area (Å²) in [4.78, 5) is 28.6. The number of aryl methyl sites for hydroxylation is 2. The lowest BCUT2D eigenvalue weighted by atomic mass is 10.0. The number of anilines is 1. The second kappa shape index (κ2) is 13.7. The molecule has 10 nitrogen and oxygen atoms in total. The second-order valence-corrected chi connectivity index (χ2v) is 14.4. The maximum Gasteiger partial charge on any atom is 0.242 e. The zero-order valence-corrected chi connectivity index (χ0v) is 27.8. The number of carbonyl (C=O) groups excluding carboxylic acids is 2. The largest absolute Gasteiger partial charge is 0.488 e. The summed E-state index contributed by atoms with van der Waals surface area (Å²) in [6.45, 7) is 5.67. The highest BCUT2D eigenvalue weighted by atomic mass is 32.2. The van der Waals surface area contributed by atoms with Gasteiger partial charge in [-0.05, 0) is 55.8 Å². The van der Waals surface area contributed by atoms with Gasteiger partial charge in [0.05, 0.1) is 36.9 Å². The minimum Gasteiger partial charge on any atom is -0.488 e. The molecule has 1 aliphatic rings. The molecule has 3 aromatic carbocycles. The van der Waals surface area contributed by atoms with Gasteiger partial charge in [-0.15, -0.1) is 0 Å². The van der Waals surface area contributed by atoms with Crippen molar-refractivity contribution < 1.29 is 27.9 Å². The first-order valence-corrected chi connectivity index (χ1v) is 16.9. The summed E-state index contributed by atoms with van der Waals surface area (Å²) in [5, 5.41) is 13.9. The van der Waals surface area contributed by atoms with E-state index in [0.29, 0.717) is 17.0 Å². The number of para-hydroxylation sites is 1. The third-order valence-electron chi connectivity index (χ3n) is 8.70. The first-order valence-electron chi connectivity index (χ1n) is 15.4. The number of carbonyl (C=O) groups is 2. The molecule has 1 aliphatic heterocycles. The molecule has 46 heavy (non-hydrogen) atoms. The lowest BCUT2D eigenvalue weighted by Crippen LogP contribution is -2.48. The molecular weight excluding hydrogens is 604 g/mol. The van der Waals surface area contributed by atoms with E-state index < -0.39 is 22.2 Å². The van der Waals surface area contributed by atoms with Crippen LogP contribution in [0, 0.1) is 12.8 Å². The number of ether oxygens (including phenoxy) is 1. The first-order chi connectivity index (χ1) is 21.9. The number of benzene rings is 3. The van der Waals surface area contributed by atoms with Gasteiger partial charge in [-0.2, -0.15) is 4.31 Å². The van der Waals surface area contributed by atoms with Gasteiger partial charge in [-0.1, -0.05) is 42.8 Å². The summed E-state index contributed by atoms with van der Waals surface area (Å²) in [6.07, 6.45) is 1.51. The molecule has 4 aromatic rings. The van der Waals surface area contributed by atoms with Crippen LogP contribution in [0.3, 0.4) is 0 Å². The monoisotopic (exact) mass is 646 g/mol. The number of hydrogen-bond donors (Lipinski definition) is 2. The van der Waals surface area contributed by atoms with Gasteiger partial charge in [0.25, 0.3) is 0 Å². The third-order valence-corrected chi connectivity index (χ3v) is 10.5. The lowest BCUT2D eigenvalue weighted by Gasteiger charge is -2.33. The Morgan fingerprint density at radius 1 is 1.13 bits per heavy atom. The van der Waals surface area contributed by atoms with Crippen LogP contribution in [-0.4, -0.2) is 78.0 Å². The number of hydrogen-bond acceptors (Lipinski definition) is 6. The minimum absolute atomic E-state index is 0.0103. The number of aliphatic hydroxyl groups is 1. The van der Waals surface area contributed by atoms with Gasteiger partial charge >= 0.3 is 0 Å². The summed E-state index contributed by atoms with van der Waals surface area (Å²) < 4.78 is 36.7. The molecule has 1 aromatic heterocycles. The number of nitrogens with one attached hydrogen (secondary N) is 1. The Morgan fingerprint density at radius 3 is 2.57 bits per heavy atom. The number of likely N-dealkylation sites (N-methyl/N-ethyl adjacent to an activating group) is 1. The van der Waals surface area contributed by atoms with Gasteiger partial charge in [0.1, 0.15) is 11.9 Å². The molecule has 3 atom stereocenters. The van der Waals surface area contributed by atoms with Crippen molar-refractivity contribution in [2.45, 2.75) is 50.7 Å². The van der Waals surface area contributed by atoms with Crippen LogP contribution in [0.5, 0.6) is 5.75 Å². The summed E-state index contributed by atoms with van der Waals surface area (Å²) in [7, 11) is -0.338. The molecule has 2 amide bonds. The van der Waals surface area contributed by atoms with E-state index >= 15 is 0 Å². The average molecular weight is 647 g/mol. The van der Waals surface area contributed by atoms with Gasteiger partial charge in [-0.25, -0.2) is 8.42 Å². The molecular formula is C35H42N4O6S. The van der Waals surface area contributed by atoms with E-state index in [4.69, 9.17) is 4.74 Å². The van der Waals surface area contributed by atoms with Crippen LogP contribution in [0.15, 0.2) is 77.8 Å². The van der Waals surface area contributed by atoms with Crippen molar-refractivity contribution in [3.8, 4) is 5.75 Å². The third kappa shape index (κ3) is 7.11. The van der Waals surface area contributed by atoms with Crippen molar-refractivity contribution in [2.75, 3.05) is 32.1 Å². The van der Waals surface area contributed by atoms with Gasteiger partial charge < -0.3 is 24.6 Å². The number of fused-ring (bicyclic) bond motifs is 2. The van der Waals surface area contributed by atoms with E-state index in [0.717, 1.165) is 22.0 Å². The summed E-state index contributed by atoms with van der Waals surface area (Å²) >= 11 is 0. The molecule has 5 rings (SSSR count). The van der Waals surface area contributed by atoms with Gasteiger partial charge in [-0.3, -0.25) is 9.59 Å². The number of aliphatic hydroxyl groups excluding tert-OH is 1. The average Bonchev–Trinajstić information content (AvgIpc) is 3.35. The predicted octanol–water partition coefficient (Wildman–Crippen LogP) is 4.14. The molecule has 11 heteroatoms. The molecule has 0 spiro atoms. The minimum atomic E-state index is -3.81. The zero-order valence-electron chi connectivity index (χ0n) is 26.9. The van der Waals surface area contributed by atoms with Gasteiger partial charge in [0.2, 0.25) is 21.8 Å². The van der Waals surface area contributed by atoms with Crippen LogP contribution in [0.2, 0.25) is 0 Å². The standard InChI is InChI=1S/C35H42N4O6S/c1-23-10-13-29(14-11-23)46(43,44)38(5)21-33-24(2)19-39(25(3)22-40)35(42)18-26-16-28(12-15-32(26)45-33)36-34(41)17-27-20-37(4)31-9-7-6-8-30(27)31/h6-16,20,24-25,33,40H,17-19,21-22H2,1-5H3,(H,36,41)/t24-,25+,33-/m0/s1. The summed E-state index contributed by atoms with van der Waals surface area (Å²) in [5.41, 5.74) is 3.99. The van der Waals surface area contributed by atoms with Crippen LogP contribution in [0.25, 0.3) is 10.9 Å². The molecule has 0 saturated carbocycles. The van der Waals surface area contributed by atoms with Crippen LogP contribution >= 0.6 is 0 Å². The van der Waals surface area contributed by atoms with E-state index in [-0.39, 0.29) is 55.2 Å². The highest BCUT2D eigenvalue weighted by molar-refractivity contribution is 7.89. The molecule has 244 valence electrons. The number of nitrogens with zero attached hydrogens (tertiary/aromatic N) is 3. The van der Waals surface area contributed by atoms with Crippen molar-refractivity contribution >= 4 is 38.4 Å². The fraction of sp³-hybridized carbons (Fsp3) is 0.371. The molecule has 0 bridgehead atoms. The Kier molecular flexibility index (Phi) is 9.85. The number of amides is 2. The Hall–Kier alpha value is -4.19. The Morgan fingerprint density at radius 2 is 1.85 bits per heavy atom. The molecule has 0 saturated heterocycles. The topological polar surface area (TPSA) is 121 Å². The maximum atomic E-state index is 13.6. The van der Waals surface area contributed by atoms with Gasteiger partial charge in [0, 0.05) is 54.9 Å². The maximum absolute atomic E-state index is 13.6. The van der Waals surface area contributed by atoms with Crippen molar-refractivity contribution in [3.05, 3.63) is 89.6 Å². The fourth-order valence-corrected chi connectivity index (χ4v) is 7.09. The van der Waals surface area contributed by atoms with Crippen LogP contribution in [-0.2, 0) is 39.5 Å². The Bertz CT molecular complexity index is 1840.